The molecule has 0 aliphatic rings. The van der Waals surface area contributed by atoms with Gasteiger partial charge in [-0.2, -0.15) is 0 Å². The Labute approximate surface area is 100 Å². The molecule has 5 heteroatoms. The minimum absolute atomic E-state index is 0.0341. The lowest BCUT2D eigenvalue weighted by Gasteiger charge is -2.25. The molecule has 94 valence electrons. The Morgan fingerprint density at radius 1 is 1.29 bits per heavy atom. The van der Waals surface area contributed by atoms with E-state index in [1.807, 2.05) is 0 Å². The van der Waals surface area contributed by atoms with Gasteiger partial charge in [0.15, 0.2) is 0 Å². The Morgan fingerprint density at radius 2 is 1.88 bits per heavy atom. The van der Waals surface area contributed by atoms with Crippen molar-refractivity contribution in [1.82, 2.24) is 0 Å². The average Bonchev–Trinajstić information content (AvgIpc) is 2.18. The van der Waals surface area contributed by atoms with Gasteiger partial charge in [-0.3, -0.25) is 4.90 Å². The lowest BCUT2D eigenvalue weighted by atomic mass is 10.2. The van der Waals surface area contributed by atoms with E-state index in [0.717, 1.165) is 4.90 Å². The molecule has 17 heavy (non-hydrogen) atoms. The number of hydrogen-bond donors (Lipinski definition) is 2. The molecule has 0 bridgehead atoms. The number of benzene rings is 1. The van der Waals surface area contributed by atoms with Crippen molar-refractivity contribution >= 4 is 11.8 Å². The van der Waals surface area contributed by atoms with Crippen molar-refractivity contribution in [2.45, 2.75) is 26.4 Å². The molecule has 0 saturated heterocycles. The van der Waals surface area contributed by atoms with E-state index in [2.05, 4.69) is 0 Å². The van der Waals surface area contributed by atoms with Gasteiger partial charge in [-0.15, -0.1) is 0 Å². The topological polar surface area (TPSA) is 70.0 Å². The summed E-state index contributed by atoms with van der Waals surface area (Å²) in [4.78, 5) is 12.9. The Morgan fingerprint density at radius 3 is 2.41 bits per heavy atom. The summed E-state index contributed by atoms with van der Waals surface area (Å²) in [6, 6.07) is 3.94. The summed E-state index contributed by atoms with van der Waals surface area (Å²) in [6.07, 6.45) is -0.599. The highest BCUT2D eigenvalue weighted by Gasteiger charge is 2.22. The van der Waals surface area contributed by atoms with Crippen molar-refractivity contribution < 1.29 is 19.7 Å². The fourth-order valence-electron chi connectivity index (χ4n) is 1.21. The largest absolute Gasteiger partial charge is 0.508 e. The fourth-order valence-corrected chi connectivity index (χ4v) is 1.21. The van der Waals surface area contributed by atoms with Crippen LogP contribution in [0.25, 0.3) is 0 Å². The monoisotopic (exact) mass is 239 g/mol. The van der Waals surface area contributed by atoms with Gasteiger partial charge in [-0.25, -0.2) is 4.79 Å². The van der Waals surface area contributed by atoms with Crippen LogP contribution in [0.4, 0.5) is 10.5 Å². The molecule has 0 heterocycles. The second kappa shape index (κ2) is 4.53. The predicted octanol–water partition coefficient (Wildman–Crippen LogP) is 2.47. The first-order valence-electron chi connectivity index (χ1n) is 5.19. The summed E-state index contributed by atoms with van der Waals surface area (Å²) in [5, 5.41) is 18.9. The molecule has 0 fully saturated rings. The normalized spacial score (nSPS) is 11.1. The van der Waals surface area contributed by atoms with E-state index in [1.54, 1.807) is 20.8 Å². The number of hydrogen-bond acceptors (Lipinski definition) is 4. The van der Waals surface area contributed by atoms with E-state index in [4.69, 9.17) is 4.74 Å². The maximum atomic E-state index is 11.7. The number of amides is 1. The molecule has 0 radical (unpaired) electrons. The van der Waals surface area contributed by atoms with Crippen LogP contribution in [0.2, 0.25) is 0 Å². The molecular weight excluding hydrogens is 222 g/mol. The van der Waals surface area contributed by atoms with Crippen molar-refractivity contribution in [2.24, 2.45) is 0 Å². The van der Waals surface area contributed by atoms with Gasteiger partial charge in [0.05, 0.1) is 5.69 Å². The first-order valence-corrected chi connectivity index (χ1v) is 5.19. The first-order chi connectivity index (χ1) is 7.70. The molecule has 5 nitrogen and oxygen atoms in total. The number of aromatic hydroxyl groups is 2. The molecule has 0 aliphatic carbocycles. The van der Waals surface area contributed by atoms with E-state index in [-0.39, 0.29) is 17.2 Å². The fraction of sp³-hybridized carbons (Fsp3) is 0.417. The molecule has 1 aromatic rings. The number of carbonyl (C=O) groups is 1. The Hall–Kier alpha value is -1.91. The molecule has 1 aromatic carbocycles. The minimum atomic E-state index is -0.613. The van der Waals surface area contributed by atoms with Gasteiger partial charge in [0, 0.05) is 13.1 Å². The van der Waals surface area contributed by atoms with E-state index < -0.39 is 11.7 Å². The predicted molar refractivity (Wildman–Crippen MR) is 64.4 cm³/mol. The zero-order valence-corrected chi connectivity index (χ0v) is 10.4. The van der Waals surface area contributed by atoms with Crippen molar-refractivity contribution in [3.63, 3.8) is 0 Å². The standard InChI is InChI=1S/C12H17NO4/c1-12(2,3)17-11(16)13(4)9-7-8(14)5-6-10(9)15/h5-7,14-15H,1-4H3. The van der Waals surface area contributed by atoms with Crippen LogP contribution in [-0.4, -0.2) is 29.0 Å². The maximum Gasteiger partial charge on any atom is 0.414 e. The van der Waals surface area contributed by atoms with Crippen LogP contribution >= 0.6 is 0 Å². The van der Waals surface area contributed by atoms with E-state index in [0.29, 0.717) is 0 Å². The lowest BCUT2D eigenvalue weighted by molar-refractivity contribution is 0.0588. The quantitative estimate of drug-likeness (QED) is 0.738. The highest BCUT2D eigenvalue weighted by Crippen LogP contribution is 2.30. The van der Waals surface area contributed by atoms with Gasteiger partial charge in [-0.05, 0) is 32.9 Å². The lowest BCUT2D eigenvalue weighted by Crippen LogP contribution is -2.34. The molecule has 0 atom stereocenters. The zero-order valence-electron chi connectivity index (χ0n) is 10.4. The van der Waals surface area contributed by atoms with Crippen molar-refractivity contribution in [2.75, 3.05) is 11.9 Å². The summed E-state index contributed by atoms with van der Waals surface area (Å²) in [7, 11) is 1.46. The molecule has 1 amide bonds. The maximum absolute atomic E-state index is 11.7. The van der Waals surface area contributed by atoms with Crippen LogP contribution in [0.5, 0.6) is 11.5 Å². The number of anilines is 1. The van der Waals surface area contributed by atoms with Crippen molar-refractivity contribution in [3.8, 4) is 11.5 Å². The number of phenols is 2. The number of rotatable bonds is 1. The van der Waals surface area contributed by atoms with E-state index in [9.17, 15) is 15.0 Å². The second-order valence-corrected chi connectivity index (χ2v) is 4.71. The van der Waals surface area contributed by atoms with Gasteiger partial charge in [-0.1, -0.05) is 0 Å². The van der Waals surface area contributed by atoms with Gasteiger partial charge >= 0.3 is 6.09 Å². The summed E-state index contributed by atoms with van der Waals surface area (Å²) in [6.45, 7) is 5.25. The minimum Gasteiger partial charge on any atom is -0.508 e. The van der Waals surface area contributed by atoms with Gasteiger partial charge in [0.2, 0.25) is 0 Å². The molecule has 0 unspecified atom stereocenters. The number of nitrogens with zero attached hydrogens (tertiary/aromatic N) is 1. The Balaban J connectivity index is 2.92. The second-order valence-electron chi connectivity index (χ2n) is 4.71. The van der Waals surface area contributed by atoms with Gasteiger partial charge in [0.1, 0.15) is 17.1 Å². The molecule has 0 saturated carbocycles. The highest BCUT2D eigenvalue weighted by molar-refractivity contribution is 5.89. The molecule has 0 spiro atoms. The van der Waals surface area contributed by atoms with Crippen LogP contribution in [0.1, 0.15) is 20.8 Å². The van der Waals surface area contributed by atoms with Crippen LogP contribution in [0.15, 0.2) is 18.2 Å². The van der Waals surface area contributed by atoms with Gasteiger partial charge < -0.3 is 14.9 Å². The summed E-state index contributed by atoms with van der Waals surface area (Å²) < 4.78 is 5.14. The van der Waals surface area contributed by atoms with Crippen LogP contribution in [-0.2, 0) is 4.74 Å². The van der Waals surface area contributed by atoms with Crippen molar-refractivity contribution in [1.29, 1.82) is 0 Å². The summed E-state index contributed by atoms with van der Waals surface area (Å²) in [5.41, 5.74) is -0.420. The highest BCUT2D eigenvalue weighted by atomic mass is 16.6. The van der Waals surface area contributed by atoms with E-state index in [1.165, 1.54) is 25.2 Å². The van der Waals surface area contributed by atoms with Crippen LogP contribution in [0, 0.1) is 0 Å². The average molecular weight is 239 g/mol. The Kier molecular flexibility index (Phi) is 3.50. The van der Waals surface area contributed by atoms with Crippen molar-refractivity contribution in [3.05, 3.63) is 18.2 Å². The molecule has 1 rings (SSSR count). The summed E-state index contributed by atoms with van der Waals surface area (Å²) >= 11 is 0. The molecular formula is C12H17NO4. The van der Waals surface area contributed by atoms with Crippen LogP contribution in [0.3, 0.4) is 0 Å². The zero-order chi connectivity index (χ0) is 13.2. The number of phenolic OH excluding ortho intramolecular Hbond substituents is 2. The third-order valence-corrected chi connectivity index (χ3v) is 1.99. The Bertz CT molecular complexity index is 423. The third-order valence-electron chi connectivity index (χ3n) is 1.99. The van der Waals surface area contributed by atoms with Gasteiger partial charge in [0.25, 0.3) is 0 Å². The van der Waals surface area contributed by atoms with E-state index >= 15 is 0 Å². The van der Waals surface area contributed by atoms with Crippen LogP contribution < -0.4 is 4.90 Å². The number of ether oxygens (including phenoxy) is 1. The molecule has 2 N–H and O–H groups in total. The first kappa shape index (κ1) is 13.2. The molecule has 0 aliphatic heterocycles. The SMILES string of the molecule is CN(C(=O)OC(C)(C)C)c1cc(O)ccc1O. The smallest absolute Gasteiger partial charge is 0.414 e. The summed E-state index contributed by atoms with van der Waals surface area (Å²) in [5.74, 6) is -0.135. The molecule has 0 aromatic heterocycles. The number of carbonyl (C=O) groups excluding carboxylic acids is 1. The third kappa shape index (κ3) is 3.55.